The molecule has 2 aliphatic rings. The van der Waals surface area contributed by atoms with E-state index in [0.29, 0.717) is 18.9 Å². The molecular weight excluding hydrogens is 290 g/mol. The van der Waals surface area contributed by atoms with E-state index in [9.17, 15) is 4.79 Å². The van der Waals surface area contributed by atoms with Crippen molar-refractivity contribution in [3.8, 4) is 0 Å². The van der Waals surface area contributed by atoms with Gasteiger partial charge in [-0.05, 0) is 58.0 Å². The molecule has 0 aromatic carbocycles. The van der Waals surface area contributed by atoms with Crippen LogP contribution in [0.15, 0.2) is 4.52 Å². The fourth-order valence-corrected chi connectivity index (χ4v) is 3.91. The Labute approximate surface area is 139 Å². The van der Waals surface area contributed by atoms with E-state index in [-0.39, 0.29) is 5.91 Å². The van der Waals surface area contributed by atoms with Crippen LogP contribution in [-0.2, 0) is 24.2 Å². The fraction of sp³-hybridized carbons (Fsp3) is 0.778. The molecule has 0 N–H and O–H groups in total. The molecule has 0 spiro atoms. The van der Waals surface area contributed by atoms with Crippen LogP contribution >= 0.6 is 0 Å². The van der Waals surface area contributed by atoms with E-state index in [4.69, 9.17) is 4.52 Å². The highest BCUT2D eigenvalue weighted by atomic mass is 16.5. The van der Waals surface area contributed by atoms with Crippen LogP contribution in [0.1, 0.15) is 55.5 Å². The van der Waals surface area contributed by atoms with Gasteiger partial charge in [-0.15, -0.1) is 0 Å². The highest BCUT2D eigenvalue weighted by Crippen LogP contribution is 2.25. The van der Waals surface area contributed by atoms with E-state index in [2.05, 4.69) is 17.1 Å². The summed E-state index contributed by atoms with van der Waals surface area (Å²) in [7, 11) is 4.06. The molecule has 0 bridgehead atoms. The molecule has 1 amide bonds. The van der Waals surface area contributed by atoms with Crippen molar-refractivity contribution in [2.24, 2.45) is 5.92 Å². The van der Waals surface area contributed by atoms with Crippen LogP contribution in [0.2, 0.25) is 0 Å². The number of nitrogens with zero attached hydrogens (tertiary/aromatic N) is 3. The summed E-state index contributed by atoms with van der Waals surface area (Å²) in [6.07, 6.45) is 8.61. The number of hydrogen-bond acceptors (Lipinski definition) is 4. The first-order chi connectivity index (χ1) is 11.1. The van der Waals surface area contributed by atoms with Gasteiger partial charge in [0.15, 0.2) is 0 Å². The van der Waals surface area contributed by atoms with Crippen LogP contribution in [0, 0.1) is 5.92 Å². The van der Waals surface area contributed by atoms with Crippen molar-refractivity contribution < 1.29 is 9.32 Å². The van der Waals surface area contributed by atoms with Crippen molar-refractivity contribution >= 4 is 5.91 Å². The lowest BCUT2D eigenvalue weighted by Crippen LogP contribution is -2.33. The molecule has 5 heteroatoms. The number of piperidine rings is 1. The summed E-state index contributed by atoms with van der Waals surface area (Å²) in [5, 5.41) is 4.20. The van der Waals surface area contributed by atoms with Crippen LogP contribution in [0.3, 0.4) is 0 Å². The molecule has 1 atom stereocenters. The molecule has 5 nitrogen and oxygen atoms in total. The molecule has 1 saturated heterocycles. The number of carbonyl (C=O) groups excluding carboxylic acids is 1. The van der Waals surface area contributed by atoms with E-state index in [1.165, 1.54) is 37.8 Å². The Morgan fingerprint density at radius 2 is 2.17 bits per heavy atom. The summed E-state index contributed by atoms with van der Waals surface area (Å²) < 4.78 is 5.44. The normalized spacial score (nSPS) is 21.9. The van der Waals surface area contributed by atoms with Gasteiger partial charge in [0.1, 0.15) is 11.5 Å². The SMILES string of the molecule is CN1CCCC(CCC(=O)N(C)Cc2noc3c2CCCC3)C1. The maximum Gasteiger partial charge on any atom is 0.222 e. The van der Waals surface area contributed by atoms with Crippen molar-refractivity contribution in [3.05, 3.63) is 17.0 Å². The number of carbonyl (C=O) groups is 1. The third-order valence-corrected chi connectivity index (χ3v) is 5.33. The van der Waals surface area contributed by atoms with Crippen LogP contribution in [0.25, 0.3) is 0 Å². The maximum atomic E-state index is 12.4. The van der Waals surface area contributed by atoms with Crippen LogP contribution in [0.4, 0.5) is 0 Å². The summed E-state index contributed by atoms with van der Waals surface area (Å²) in [5.41, 5.74) is 2.22. The first-order valence-corrected chi connectivity index (χ1v) is 9.02. The lowest BCUT2D eigenvalue weighted by atomic mass is 9.93. The van der Waals surface area contributed by atoms with Crippen molar-refractivity contribution in [3.63, 3.8) is 0 Å². The molecule has 0 saturated carbocycles. The molecule has 128 valence electrons. The minimum atomic E-state index is 0.228. The summed E-state index contributed by atoms with van der Waals surface area (Å²) in [4.78, 5) is 16.6. The molecule has 1 aromatic heterocycles. The topological polar surface area (TPSA) is 49.6 Å². The quantitative estimate of drug-likeness (QED) is 0.837. The van der Waals surface area contributed by atoms with Gasteiger partial charge in [-0.25, -0.2) is 0 Å². The predicted molar refractivity (Wildman–Crippen MR) is 89.1 cm³/mol. The molecular formula is C18H29N3O2. The Bertz CT molecular complexity index is 540. The Balaban J connectivity index is 1.48. The molecule has 0 radical (unpaired) electrons. The van der Waals surface area contributed by atoms with E-state index in [1.807, 2.05) is 11.9 Å². The Morgan fingerprint density at radius 3 is 3.00 bits per heavy atom. The molecule has 1 unspecified atom stereocenters. The average Bonchev–Trinajstić information content (AvgIpc) is 2.96. The van der Waals surface area contributed by atoms with Gasteiger partial charge in [0.05, 0.1) is 6.54 Å². The smallest absolute Gasteiger partial charge is 0.222 e. The molecule has 3 rings (SSSR count). The number of amides is 1. The first kappa shape index (κ1) is 16.5. The van der Waals surface area contributed by atoms with Crippen LogP contribution in [0.5, 0.6) is 0 Å². The second kappa shape index (κ2) is 7.47. The minimum absolute atomic E-state index is 0.228. The fourth-order valence-electron chi connectivity index (χ4n) is 3.91. The highest BCUT2D eigenvalue weighted by Gasteiger charge is 2.23. The monoisotopic (exact) mass is 319 g/mol. The van der Waals surface area contributed by atoms with Crippen LogP contribution < -0.4 is 0 Å². The van der Waals surface area contributed by atoms with E-state index in [0.717, 1.165) is 37.3 Å². The molecule has 2 heterocycles. The summed E-state index contributed by atoms with van der Waals surface area (Å²) in [6, 6.07) is 0. The van der Waals surface area contributed by atoms with E-state index in [1.54, 1.807) is 0 Å². The summed E-state index contributed by atoms with van der Waals surface area (Å²) in [6.45, 7) is 2.91. The molecule has 1 aromatic rings. The van der Waals surface area contributed by atoms with Gasteiger partial charge in [-0.1, -0.05) is 5.16 Å². The van der Waals surface area contributed by atoms with Gasteiger partial charge < -0.3 is 14.3 Å². The summed E-state index contributed by atoms with van der Waals surface area (Å²) >= 11 is 0. The van der Waals surface area contributed by atoms with Gasteiger partial charge in [0, 0.05) is 32.0 Å². The zero-order valence-electron chi connectivity index (χ0n) is 14.5. The first-order valence-electron chi connectivity index (χ1n) is 9.02. The van der Waals surface area contributed by atoms with Crippen molar-refractivity contribution in [2.75, 3.05) is 27.2 Å². The van der Waals surface area contributed by atoms with Gasteiger partial charge in [0.2, 0.25) is 5.91 Å². The number of aryl methyl sites for hydroxylation is 1. The Kier molecular flexibility index (Phi) is 5.36. The van der Waals surface area contributed by atoms with Crippen molar-refractivity contribution in [2.45, 2.75) is 57.9 Å². The number of hydrogen-bond donors (Lipinski definition) is 0. The third-order valence-electron chi connectivity index (χ3n) is 5.33. The zero-order valence-corrected chi connectivity index (χ0v) is 14.5. The Morgan fingerprint density at radius 1 is 1.35 bits per heavy atom. The standard InChI is InChI=1S/C18H29N3O2/c1-20-11-5-6-14(12-20)9-10-18(22)21(2)13-16-15-7-3-4-8-17(15)23-19-16/h14H,3-13H2,1-2H3. The maximum absolute atomic E-state index is 12.4. The molecule has 1 aliphatic carbocycles. The predicted octanol–water partition coefficient (Wildman–Crippen LogP) is 2.63. The average molecular weight is 319 g/mol. The molecule has 1 fully saturated rings. The summed E-state index contributed by atoms with van der Waals surface area (Å²) in [5.74, 6) is 1.94. The highest BCUT2D eigenvalue weighted by molar-refractivity contribution is 5.75. The second-order valence-electron chi connectivity index (χ2n) is 7.30. The number of aromatic nitrogens is 1. The lowest BCUT2D eigenvalue weighted by molar-refractivity contribution is -0.130. The lowest BCUT2D eigenvalue weighted by Gasteiger charge is -2.29. The largest absolute Gasteiger partial charge is 0.361 e. The van der Waals surface area contributed by atoms with Gasteiger partial charge in [-0.2, -0.15) is 0 Å². The number of rotatable bonds is 5. The van der Waals surface area contributed by atoms with Crippen LogP contribution in [-0.4, -0.2) is 48.0 Å². The molecule has 23 heavy (non-hydrogen) atoms. The zero-order chi connectivity index (χ0) is 16.2. The minimum Gasteiger partial charge on any atom is -0.361 e. The number of fused-ring (bicyclic) bond motifs is 1. The third kappa shape index (κ3) is 4.14. The van der Waals surface area contributed by atoms with Gasteiger partial charge >= 0.3 is 0 Å². The van der Waals surface area contributed by atoms with Crippen molar-refractivity contribution in [1.82, 2.24) is 15.0 Å². The van der Waals surface area contributed by atoms with Gasteiger partial charge in [-0.3, -0.25) is 4.79 Å². The molecule has 1 aliphatic heterocycles. The van der Waals surface area contributed by atoms with E-state index < -0.39 is 0 Å². The van der Waals surface area contributed by atoms with Gasteiger partial charge in [0.25, 0.3) is 0 Å². The second-order valence-corrected chi connectivity index (χ2v) is 7.30. The van der Waals surface area contributed by atoms with E-state index >= 15 is 0 Å². The number of likely N-dealkylation sites (tertiary alicyclic amines) is 1. The van der Waals surface area contributed by atoms with Crippen molar-refractivity contribution in [1.29, 1.82) is 0 Å². The Hall–Kier alpha value is -1.36.